The van der Waals surface area contributed by atoms with Gasteiger partial charge in [0, 0.05) is 17.7 Å². The second-order valence-corrected chi connectivity index (χ2v) is 4.77. The Morgan fingerprint density at radius 2 is 2.00 bits per heavy atom. The number of benzene rings is 1. The first-order chi connectivity index (χ1) is 9.54. The lowest BCUT2D eigenvalue weighted by Crippen LogP contribution is -2.29. The molecule has 1 aromatic carbocycles. The number of aryl methyl sites for hydroxylation is 1. The maximum atomic E-state index is 11.9. The van der Waals surface area contributed by atoms with Gasteiger partial charge in [0.2, 0.25) is 5.88 Å². The second-order valence-electron chi connectivity index (χ2n) is 4.77. The van der Waals surface area contributed by atoms with Crippen LogP contribution >= 0.6 is 0 Å². The van der Waals surface area contributed by atoms with Gasteiger partial charge in [-0.15, -0.1) is 5.10 Å². The normalized spacial score (nSPS) is 10.4. The van der Waals surface area contributed by atoms with Crippen LogP contribution in [0.5, 0.6) is 11.6 Å². The first-order valence-electron chi connectivity index (χ1n) is 6.44. The Morgan fingerprint density at radius 1 is 1.20 bits per heavy atom. The summed E-state index contributed by atoms with van der Waals surface area (Å²) in [4.78, 5) is 11.9. The summed E-state index contributed by atoms with van der Waals surface area (Å²) in [5.41, 5.74) is 1.37. The number of amides is 1. The molecule has 0 radical (unpaired) electrons. The summed E-state index contributed by atoms with van der Waals surface area (Å²) in [7, 11) is 0. The van der Waals surface area contributed by atoms with Crippen LogP contribution in [0, 0.1) is 6.92 Å². The van der Waals surface area contributed by atoms with E-state index in [0.717, 1.165) is 5.69 Å². The molecule has 0 aliphatic carbocycles. The van der Waals surface area contributed by atoms with Gasteiger partial charge in [0.1, 0.15) is 5.75 Å². The van der Waals surface area contributed by atoms with Crippen LogP contribution < -0.4 is 10.1 Å². The molecule has 0 spiro atoms. The van der Waals surface area contributed by atoms with Gasteiger partial charge >= 0.3 is 0 Å². The summed E-state index contributed by atoms with van der Waals surface area (Å²) >= 11 is 0. The first kappa shape index (κ1) is 14.0. The Morgan fingerprint density at radius 3 is 2.65 bits per heavy atom. The molecule has 1 amide bonds. The van der Waals surface area contributed by atoms with Crippen molar-refractivity contribution in [2.24, 2.45) is 0 Å². The number of aromatic nitrogens is 2. The summed E-state index contributed by atoms with van der Waals surface area (Å²) in [6.07, 6.45) is 0. The number of nitrogens with zero attached hydrogens (tertiary/aromatic N) is 2. The Hall–Kier alpha value is -2.43. The zero-order chi connectivity index (χ0) is 14.5. The van der Waals surface area contributed by atoms with Crippen LogP contribution in [0.15, 0.2) is 36.4 Å². The van der Waals surface area contributed by atoms with Crippen LogP contribution in [0.2, 0.25) is 0 Å². The summed E-state index contributed by atoms with van der Waals surface area (Å²) in [5, 5.41) is 10.7. The molecular weight excluding hydrogens is 254 g/mol. The summed E-state index contributed by atoms with van der Waals surface area (Å²) in [5.74, 6) is 0.831. The van der Waals surface area contributed by atoms with Gasteiger partial charge < -0.3 is 10.1 Å². The van der Waals surface area contributed by atoms with Crippen molar-refractivity contribution in [1.29, 1.82) is 0 Å². The van der Waals surface area contributed by atoms with Crippen LogP contribution in [-0.2, 0) is 0 Å². The van der Waals surface area contributed by atoms with Crippen molar-refractivity contribution in [3.63, 3.8) is 0 Å². The predicted octanol–water partition coefficient (Wildman–Crippen LogP) is 2.72. The summed E-state index contributed by atoms with van der Waals surface area (Å²) < 4.78 is 5.58. The second kappa shape index (κ2) is 6.14. The highest BCUT2D eigenvalue weighted by atomic mass is 16.5. The van der Waals surface area contributed by atoms with Gasteiger partial charge in [-0.2, -0.15) is 5.10 Å². The van der Waals surface area contributed by atoms with Crippen molar-refractivity contribution >= 4 is 5.91 Å². The molecule has 0 aliphatic rings. The van der Waals surface area contributed by atoms with E-state index in [0.29, 0.717) is 17.2 Å². The molecule has 0 bridgehead atoms. The molecule has 0 fully saturated rings. The maximum absolute atomic E-state index is 11.9. The van der Waals surface area contributed by atoms with Crippen LogP contribution in [0.25, 0.3) is 0 Å². The van der Waals surface area contributed by atoms with Gasteiger partial charge in [-0.05, 0) is 45.0 Å². The minimum Gasteiger partial charge on any atom is -0.438 e. The Kier molecular flexibility index (Phi) is 4.30. The van der Waals surface area contributed by atoms with Gasteiger partial charge in [0.05, 0.1) is 5.69 Å². The highest BCUT2D eigenvalue weighted by molar-refractivity contribution is 5.94. The Balaban J connectivity index is 2.13. The molecule has 104 valence electrons. The molecule has 5 nitrogen and oxygen atoms in total. The van der Waals surface area contributed by atoms with E-state index in [-0.39, 0.29) is 11.9 Å². The molecule has 1 heterocycles. The molecule has 2 aromatic rings. The quantitative estimate of drug-likeness (QED) is 0.928. The molecular formula is C15H17N3O2. The average molecular weight is 271 g/mol. The molecule has 0 saturated carbocycles. The van der Waals surface area contributed by atoms with Crippen LogP contribution in [-0.4, -0.2) is 22.1 Å². The molecule has 20 heavy (non-hydrogen) atoms. The summed E-state index contributed by atoms with van der Waals surface area (Å²) in [6.45, 7) is 5.69. The topological polar surface area (TPSA) is 64.1 Å². The summed E-state index contributed by atoms with van der Waals surface area (Å²) in [6, 6.07) is 10.6. The third-order valence-corrected chi connectivity index (χ3v) is 2.51. The van der Waals surface area contributed by atoms with Crippen LogP contribution in [0.4, 0.5) is 0 Å². The molecule has 5 heteroatoms. The standard InChI is InChI=1S/C15H17N3O2/c1-10(2)16-15(19)12-5-4-6-13(9-12)20-14-8-7-11(3)17-18-14/h4-10H,1-3H3,(H,16,19). The van der Waals surface area contributed by atoms with E-state index in [1.165, 1.54) is 0 Å². The third-order valence-electron chi connectivity index (χ3n) is 2.51. The van der Waals surface area contributed by atoms with E-state index in [9.17, 15) is 4.79 Å². The minimum absolute atomic E-state index is 0.0926. The van der Waals surface area contributed by atoms with Gasteiger partial charge in [-0.25, -0.2) is 0 Å². The number of hydrogen-bond acceptors (Lipinski definition) is 4. The van der Waals surface area contributed by atoms with Crippen molar-refractivity contribution in [1.82, 2.24) is 15.5 Å². The minimum atomic E-state index is -0.125. The molecule has 0 unspecified atom stereocenters. The van der Waals surface area contributed by atoms with E-state index in [2.05, 4.69) is 15.5 Å². The maximum Gasteiger partial charge on any atom is 0.251 e. The van der Waals surface area contributed by atoms with Crippen LogP contribution in [0.1, 0.15) is 29.9 Å². The van der Waals surface area contributed by atoms with Crippen molar-refractivity contribution in [2.45, 2.75) is 26.8 Å². The van der Waals surface area contributed by atoms with Crippen LogP contribution in [0.3, 0.4) is 0 Å². The van der Waals surface area contributed by atoms with Crippen molar-refractivity contribution < 1.29 is 9.53 Å². The van der Waals surface area contributed by atoms with E-state index >= 15 is 0 Å². The smallest absolute Gasteiger partial charge is 0.251 e. The number of carbonyl (C=O) groups excluding carboxylic acids is 1. The first-order valence-corrected chi connectivity index (χ1v) is 6.44. The molecule has 0 atom stereocenters. The molecule has 1 N–H and O–H groups in total. The Labute approximate surface area is 118 Å². The number of rotatable bonds is 4. The Bertz CT molecular complexity index is 594. The molecule has 1 aromatic heterocycles. The van der Waals surface area contributed by atoms with E-state index < -0.39 is 0 Å². The van der Waals surface area contributed by atoms with E-state index in [4.69, 9.17) is 4.74 Å². The van der Waals surface area contributed by atoms with E-state index in [1.54, 1.807) is 30.3 Å². The van der Waals surface area contributed by atoms with Crippen molar-refractivity contribution in [2.75, 3.05) is 0 Å². The number of hydrogen-bond donors (Lipinski definition) is 1. The lowest BCUT2D eigenvalue weighted by Gasteiger charge is -2.09. The van der Waals surface area contributed by atoms with Gasteiger partial charge in [0.15, 0.2) is 0 Å². The lowest BCUT2D eigenvalue weighted by atomic mass is 10.2. The highest BCUT2D eigenvalue weighted by Crippen LogP contribution is 2.20. The van der Waals surface area contributed by atoms with Crippen molar-refractivity contribution in [3.8, 4) is 11.6 Å². The monoisotopic (exact) mass is 271 g/mol. The predicted molar refractivity (Wildman–Crippen MR) is 75.9 cm³/mol. The molecule has 0 aliphatic heterocycles. The fourth-order valence-electron chi connectivity index (χ4n) is 1.61. The van der Waals surface area contributed by atoms with E-state index in [1.807, 2.05) is 26.8 Å². The SMILES string of the molecule is Cc1ccc(Oc2cccc(C(=O)NC(C)C)c2)nn1. The van der Waals surface area contributed by atoms with Gasteiger partial charge in [-0.3, -0.25) is 4.79 Å². The number of nitrogens with one attached hydrogen (secondary N) is 1. The lowest BCUT2D eigenvalue weighted by molar-refractivity contribution is 0.0943. The number of carbonyl (C=O) groups is 1. The molecule has 0 saturated heterocycles. The van der Waals surface area contributed by atoms with Gasteiger partial charge in [-0.1, -0.05) is 6.07 Å². The largest absolute Gasteiger partial charge is 0.438 e. The fraction of sp³-hybridized carbons (Fsp3) is 0.267. The van der Waals surface area contributed by atoms with Gasteiger partial charge in [0.25, 0.3) is 5.91 Å². The zero-order valence-corrected chi connectivity index (χ0v) is 11.8. The fourth-order valence-corrected chi connectivity index (χ4v) is 1.61. The molecule has 2 rings (SSSR count). The zero-order valence-electron chi connectivity index (χ0n) is 11.8. The average Bonchev–Trinajstić information content (AvgIpc) is 2.41. The number of ether oxygens (including phenoxy) is 1. The van der Waals surface area contributed by atoms with Crippen molar-refractivity contribution in [3.05, 3.63) is 47.7 Å². The highest BCUT2D eigenvalue weighted by Gasteiger charge is 2.08. The third kappa shape index (κ3) is 3.78.